The van der Waals surface area contributed by atoms with Gasteiger partial charge < -0.3 is 9.30 Å². The van der Waals surface area contributed by atoms with Crippen LogP contribution in [0.15, 0.2) is 72.8 Å². The Morgan fingerprint density at radius 1 is 0.773 bits per heavy atom. The second-order valence-electron chi connectivity index (χ2n) is 5.30. The Labute approximate surface area is 129 Å². The van der Waals surface area contributed by atoms with Crippen LogP contribution in [0.3, 0.4) is 0 Å². The van der Waals surface area contributed by atoms with E-state index < -0.39 is 0 Å². The number of para-hydroxylation sites is 2. The van der Waals surface area contributed by atoms with Gasteiger partial charge in [-0.3, -0.25) is 0 Å². The summed E-state index contributed by atoms with van der Waals surface area (Å²) in [4.78, 5) is 0. The second kappa shape index (κ2) is 5.23. The lowest BCUT2D eigenvalue weighted by atomic mass is 10.1. The quantitative estimate of drug-likeness (QED) is 0.506. The summed E-state index contributed by atoms with van der Waals surface area (Å²) in [5, 5.41) is 2.48. The zero-order valence-electron chi connectivity index (χ0n) is 12.5. The van der Waals surface area contributed by atoms with Gasteiger partial charge in [-0.05, 0) is 43.3 Å². The van der Waals surface area contributed by atoms with Gasteiger partial charge in [0.05, 0.1) is 17.6 Å². The molecule has 108 valence electrons. The van der Waals surface area contributed by atoms with Gasteiger partial charge in [-0.2, -0.15) is 0 Å². The Hall–Kier alpha value is -2.74. The highest BCUT2D eigenvalue weighted by atomic mass is 16.5. The summed E-state index contributed by atoms with van der Waals surface area (Å²) in [6.07, 6.45) is 0. The van der Waals surface area contributed by atoms with E-state index in [1.807, 2.05) is 19.1 Å². The molecule has 0 bridgehead atoms. The van der Waals surface area contributed by atoms with Crippen LogP contribution in [0.1, 0.15) is 6.92 Å². The zero-order valence-corrected chi connectivity index (χ0v) is 12.5. The topological polar surface area (TPSA) is 14.2 Å². The van der Waals surface area contributed by atoms with E-state index >= 15 is 0 Å². The van der Waals surface area contributed by atoms with Gasteiger partial charge in [0.25, 0.3) is 0 Å². The Balaban J connectivity index is 2.10. The van der Waals surface area contributed by atoms with Crippen LogP contribution in [-0.2, 0) is 0 Å². The number of rotatable bonds is 3. The molecule has 2 heteroatoms. The fraction of sp³-hybridized carbons (Fsp3) is 0.100. The molecule has 1 heterocycles. The number of hydrogen-bond donors (Lipinski definition) is 0. The molecule has 0 saturated carbocycles. The summed E-state index contributed by atoms with van der Waals surface area (Å²) in [7, 11) is 0. The monoisotopic (exact) mass is 287 g/mol. The summed E-state index contributed by atoms with van der Waals surface area (Å²) in [5.41, 5.74) is 3.60. The molecular weight excluding hydrogens is 270 g/mol. The van der Waals surface area contributed by atoms with E-state index in [0.717, 1.165) is 5.75 Å². The molecule has 4 rings (SSSR count). The lowest BCUT2D eigenvalue weighted by Crippen LogP contribution is -1.93. The molecule has 22 heavy (non-hydrogen) atoms. The maximum Gasteiger partial charge on any atom is 0.120 e. The third kappa shape index (κ3) is 1.96. The van der Waals surface area contributed by atoms with Crippen molar-refractivity contribution in [3.63, 3.8) is 0 Å². The van der Waals surface area contributed by atoms with Crippen LogP contribution >= 0.6 is 0 Å². The molecular formula is C20H17NO. The van der Waals surface area contributed by atoms with Crippen molar-refractivity contribution in [2.75, 3.05) is 6.61 Å². The molecule has 0 radical (unpaired) electrons. The normalized spacial score (nSPS) is 11.1. The fourth-order valence-electron chi connectivity index (χ4n) is 3.06. The van der Waals surface area contributed by atoms with E-state index in [1.54, 1.807) is 0 Å². The number of aromatic nitrogens is 1. The van der Waals surface area contributed by atoms with E-state index in [-0.39, 0.29) is 0 Å². The van der Waals surface area contributed by atoms with Crippen LogP contribution in [0.4, 0.5) is 0 Å². The number of benzene rings is 3. The second-order valence-corrected chi connectivity index (χ2v) is 5.30. The van der Waals surface area contributed by atoms with Crippen molar-refractivity contribution in [3.8, 4) is 11.4 Å². The summed E-state index contributed by atoms with van der Waals surface area (Å²) in [6.45, 7) is 2.69. The minimum absolute atomic E-state index is 0.683. The van der Waals surface area contributed by atoms with Crippen LogP contribution < -0.4 is 4.74 Å². The molecule has 0 aliphatic rings. The lowest BCUT2D eigenvalue weighted by molar-refractivity contribution is 0.341. The first-order valence-electron chi connectivity index (χ1n) is 7.60. The van der Waals surface area contributed by atoms with Crippen molar-refractivity contribution in [1.29, 1.82) is 0 Å². The highest BCUT2D eigenvalue weighted by Gasteiger charge is 2.12. The van der Waals surface area contributed by atoms with Crippen molar-refractivity contribution in [2.24, 2.45) is 0 Å². The maximum atomic E-state index is 5.67. The molecule has 1 aromatic heterocycles. The standard InChI is InChI=1S/C20H17NO/c1-2-22-16-12-13-20-18(14-16)17-10-6-7-11-19(17)21(20)15-8-4-3-5-9-15/h3-14H,2H2,1H3. The highest BCUT2D eigenvalue weighted by molar-refractivity contribution is 6.09. The van der Waals surface area contributed by atoms with Gasteiger partial charge in [-0.1, -0.05) is 36.4 Å². The molecule has 3 aromatic carbocycles. The first-order chi connectivity index (χ1) is 10.9. The number of ether oxygens (including phenoxy) is 1. The molecule has 0 aliphatic heterocycles. The van der Waals surface area contributed by atoms with E-state index in [1.165, 1.54) is 27.5 Å². The highest BCUT2D eigenvalue weighted by Crippen LogP contribution is 2.33. The number of nitrogens with zero attached hydrogens (tertiary/aromatic N) is 1. The van der Waals surface area contributed by atoms with Gasteiger partial charge in [-0.25, -0.2) is 0 Å². The largest absolute Gasteiger partial charge is 0.494 e. The van der Waals surface area contributed by atoms with Crippen molar-refractivity contribution >= 4 is 21.8 Å². The Kier molecular flexibility index (Phi) is 3.08. The Morgan fingerprint density at radius 3 is 2.32 bits per heavy atom. The Morgan fingerprint density at radius 2 is 1.50 bits per heavy atom. The van der Waals surface area contributed by atoms with Crippen LogP contribution in [0, 0.1) is 0 Å². The van der Waals surface area contributed by atoms with E-state index in [2.05, 4.69) is 65.2 Å². The predicted octanol–water partition coefficient (Wildman–Crippen LogP) is 5.18. The molecule has 0 fully saturated rings. The fourth-order valence-corrected chi connectivity index (χ4v) is 3.06. The van der Waals surface area contributed by atoms with Crippen LogP contribution in [0.2, 0.25) is 0 Å². The summed E-state index contributed by atoms with van der Waals surface area (Å²) in [6, 6.07) is 25.3. The maximum absolute atomic E-state index is 5.67. The minimum Gasteiger partial charge on any atom is -0.494 e. The van der Waals surface area contributed by atoms with Gasteiger partial charge in [0.2, 0.25) is 0 Å². The molecule has 0 atom stereocenters. The van der Waals surface area contributed by atoms with Gasteiger partial charge in [0, 0.05) is 16.5 Å². The van der Waals surface area contributed by atoms with Crippen LogP contribution in [0.25, 0.3) is 27.5 Å². The summed E-state index contributed by atoms with van der Waals surface area (Å²) in [5.74, 6) is 0.922. The zero-order chi connectivity index (χ0) is 14.9. The molecule has 4 aromatic rings. The first-order valence-corrected chi connectivity index (χ1v) is 7.60. The van der Waals surface area contributed by atoms with E-state index in [9.17, 15) is 0 Å². The minimum atomic E-state index is 0.683. The smallest absolute Gasteiger partial charge is 0.120 e. The van der Waals surface area contributed by atoms with Gasteiger partial charge in [-0.15, -0.1) is 0 Å². The summed E-state index contributed by atoms with van der Waals surface area (Å²) >= 11 is 0. The van der Waals surface area contributed by atoms with Crippen LogP contribution in [0.5, 0.6) is 5.75 Å². The van der Waals surface area contributed by atoms with E-state index in [0.29, 0.717) is 6.61 Å². The Bertz CT molecular complexity index is 938. The van der Waals surface area contributed by atoms with Crippen molar-refractivity contribution in [3.05, 3.63) is 72.8 Å². The molecule has 0 amide bonds. The number of hydrogen-bond acceptors (Lipinski definition) is 1. The first kappa shape index (κ1) is 13.0. The van der Waals surface area contributed by atoms with Gasteiger partial charge in [0.1, 0.15) is 5.75 Å². The van der Waals surface area contributed by atoms with Crippen LogP contribution in [-0.4, -0.2) is 11.2 Å². The van der Waals surface area contributed by atoms with Crippen molar-refractivity contribution in [1.82, 2.24) is 4.57 Å². The van der Waals surface area contributed by atoms with Crippen molar-refractivity contribution in [2.45, 2.75) is 6.92 Å². The van der Waals surface area contributed by atoms with E-state index in [4.69, 9.17) is 4.74 Å². The molecule has 0 aliphatic carbocycles. The lowest BCUT2D eigenvalue weighted by Gasteiger charge is -2.08. The van der Waals surface area contributed by atoms with Gasteiger partial charge >= 0.3 is 0 Å². The predicted molar refractivity (Wildman–Crippen MR) is 92.0 cm³/mol. The average molecular weight is 287 g/mol. The third-order valence-corrected chi connectivity index (χ3v) is 3.97. The van der Waals surface area contributed by atoms with Gasteiger partial charge in [0.15, 0.2) is 0 Å². The SMILES string of the molecule is CCOc1ccc2c(c1)c1ccccc1n2-c1ccccc1. The average Bonchev–Trinajstić information content (AvgIpc) is 2.90. The van der Waals surface area contributed by atoms with Crippen molar-refractivity contribution < 1.29 is 4.74 Å². The molecule has 2 nitrogen and oxygen atoms in total. The molecule has 0 N–H and O–H groups in total. The molecule has 0 unspecified atom stereocenters. The number of fused-ring (bicyclic) bond motifs is 3. The molecule has 0 saturated heterocycles. The summed E-state index contributed by atoms with van der Waals surface area (Å²) < 4.78 is 7.97. The third-order valence-electron chi connectivity index (χ3n) is 3.97. The molecule has 0 spiro atoms.